The third kappa shape index (κ3) is 3.11. The summed E-state index contributed by atoms with van der Waals surface area (Å²) in [6.45, 7) is 1.83. The van der Waals surface area contributed by atoms with E-state index in [-0.39, 0.29) is 5.69 Å². The van der Waals surface area contributed by atoms with E-state index >= 15 is 0 Å². The van der Waals surface area contributed by atoms with Gasteiger partial charge in [0.05, 0.1) is 10.6 Å². The second-order valence-electron chi connectivity index (χ2n) is 5.80. The molecule has 1 atom stereocenters. The zero-order valence-electron chi connectivity index (χ0n) is 14.1. The van der Waals surface area contributed by atoms with E-state index in [2.05, 4.69) is 4.98 Å². The minimum absolute atomic E-state index is 0.0113. The van der Waals surface area contributed by atoms with Gasteiger partial charge in [-0.3, -0.25) is 15.1 Å². The van der Waals surface area contributed by atoms with Gasteiger partial charge in [0, 0.05) is 43.7 Å². The number of methoxy groups -OCH3 is 2. The van der Waals surface area contributed by atoms with E-state index in [1.165, 1.54) is 26.4 Å². The van der Waals surface area contributed by atoms with Gasteiger partial charge in [0.15, 0.2) is 5.60 Å². The molecule has 1 unspecified atom stereocenters. The number of fused-ring (bicyclic) bond motifs is 1. The number of aromatic nitrogens is 1. The molecule has 0 saturated heterocycles. The van der Waals surface area contributed by atoms with Crippen LogP contribution in [-0.4, -0.2) is 36.0 Å². The number of nitro groups is 1. The van der Waals surface area contributed by atoms with Crippen molar-refractivity contribution >= 4 is 11.3 Å². The van der Waals surface area contributed by atoms with Crippen LogP contribution in [0.1, 0.15) is 18.2 Å². The highest BCUT2D eigenvalue weighted by atomic mass is 16.7. The number of benzene rings is 1. The second-order valence-corrected chi connectivity index (χ2v) is 5.80. The molecule has 2 aromatic rings. The smallest absolute Gasteiger partial charge is 0.270 e. The minimum atomic E-state index is -0.917. The lowest BCUT2D eigenvalue weighted by molar-refractivity contribution is -0.384. The highest BCUT2D eigenvalue weighted by Crippen LogP contribution is 2.42. The highest BCUT2D eigenvalue weighted by molar-refractivity contribution is 5.84. The molecule has 0 amide bonds. The summed E-state index contributed by atoms with van der Waals surface area (Å²) in [6.07, 6.45) is 2.85. The lowest BCUT2D eigenvalue weighted by Gasteiger charge is -2.37. The van der Waals surface area contributed by atoms with E-state index in [0.717, 1.165) is 5.57 Å². The van der Waals surface area contributed by atoms with Crippen molar-refractivity contribution in [1.29, 1.82) is 0 Å². The van der Waals surface area contributed by atoms with Crippen molar-refractivity contribution in [3.63, 3.8) is 0 Å². The average Bonchev–Trinajstić information content (AvgIpc) is 2.62. The molecule has 1 aromatic carbocycles. The fourth-order valence-corrected chi connectivity index (χ4v) is 2.98. The number of nitrogens with zero attached hydrogens (tertiary/aromatic N) is 2. The molecule has 0 spiro atoms. The van der Waals surface area contributed by atoms with Gasteiger partial charge in [-0.05, 0) is 31.2 Å². The normalized spacial score (nSPS) is 19.1. The summed E-state index contributed by atoms with van der Waals surface area (Å²) < 4.78 is 16.8. The quantitative estimate of drug-likeness (QED) is 0.471. The standard InChI is InChI=1S/C18H18N2O5/c1-18(17(23-2)24-3)11-14(15-6-4-5-9-19-15)13-10-12(20(21)22)7-8-16(13)25-18/h4-11,17H,1-3H3. The Hall–Kier alpha value is -2.77. The monoisotopic (exact) mass is 342 g/mol. The van der Waals surface area contributed by atoms with Crippen LogP contribution >= 0.6 is 0 Å². The molecule has 0 radical (unpaired) electrons. The van der Waals surface area contributed by atoms with E-state index in [1.807, 2.05) is 31.2 Å². The van der Waals surface area contributed by atoms with Gasteiger partial charge >= 0.3 is 0 Å². The maximum Gasteiger partial charge on any atom is 0.270 e. The molecule has 0 N–H and O–H groups in total. The molecule has 0 bridgehead atoms. The first-order valence-corrected chi connectivity index (χ1v) is 7.66. The van der Waals surface area contributed by atoms with Crippen molar-refractivity contribution in [1.82, 2.24) is 4.98 Å². The van der Waals surface area contributed by atoms with Gasteiger partial charge in [-0.25, -0.2) is 0 Å². The van der Waals surface area contributed by atoms with Crippen LogP contribution in [0.5, 0.6) is 5.75 Å². The maximum absolute atomic E-state index is 11.1. The van der Waals surface area contributed by atoms with Gasteiger partial charge < -0.3 is 14.2 Å². The van der Waals surface area contributed by atoms with Crippen LogP contribution in [0.2, 0.25) is 0 Å². The summed E-state index contributed by atoms with van der Waals surface area (Å²) in [5.41, 5.74) is 1.09. The summed E-state index contributed by atoms with van der Waals surface area (Å²) in [5, 5.41) is 11.1. The number of non-ortho nitro benzene ring substituents is 1. The van der Waals surface area contributed by atoms with Crippen molar-refractivity contribution in [2.45, 2.75) is 18.8 Å². The van der Waals surface area contributed by atoms with E-state index in [9.17, 15) is 10.1 Å². The fraction of sp³-hybridized carbons (Fsp3) is 0.278. The highest BCUT2D eigenvalue weighted by Gasteiger charge is 2.40. The van der Waals surface area contributed by atoms with Crippen LogP contribution in [-0.2, 0) is 9.47 Å². The first-order chi connectivity index (χ1) is 12.0. The van der Waals surface area contributed by atoms with Gasteiger partial charge in [-0.2, -0.15) is 0 Å². The van der Waals surface area contributed by atoms with Crippen molar-refractivity contribution in [2.24, 2.45) is 0 Å². The predicted octanol–water partition coefficient (Wildman–Crippen LogP) is 3.19. The molecule has 1 aromatic heterocycles. The van der Waals surface area contributed by atoms with Crippen molar-refractivity contribution in [3.8, 4) is 5.75 Å². The van der Waals surface area contributed by atoms with Gasteiger partial charge in [0.2, 0.25) is 6.29 Å². The molecule has 0 saturated carbocycles. The predicted molar refractivity (Wildman–Crippen MR) is 91.3 cm³/mol. The van der Waals surface area contributed by atoms with E-state index in [1.54, 1.807) is 12.3 Å². The minimum Gasteiger partial charge on any atom is -0.477 e. The third-order valence-electron chi connectivity index (χ3n) is 4.06. The van der Waals surface area contributed by atoms with Crippen LogP contribution in [0.4, 0.5) is 5.69 Å². The molecular weight excluding hydrogens is 324 g/mol. The van der Waals surface area contributed by atoms with Crippen molar-refractivity contribution in [3.05, 3.63) is 70.0 Å². The Kier molecular flexibility index (Phi) is 4.52. The molecule has 0 fully saturated rings. The van der Waals surface area contributed by atoms with Crippen LogP contribution < -0.4 is 4.74 Å². The second kappa shape index (κ2) is 6.62. The van der Waals surface area contributed by atoms with Crippen LogP contribution in [0.3, 0.4) is 0 Å². The average molecular weight is 342 g/mol. The Bertz CT molecular complexity index is 817. The Labute approximate surface area is 145 Å². The summed E-state index contributed by atoms with van der Waals surface area (Å²) in [6, 6.07) is 10.00. The molecule has 130 valence electrons. The molecule has 2 heterocycles. The number of hydrogen-bond donors (Lipinski definition) is 0. The molecular formula is C18H18N2O5. The first-order valence-electron chi connectivity index (χ1n) is 7.66. The summed E-state index contributed by atoms with van der Waals surface area (Å²) in [7, 11) is 3.06. The Morgan fingerprint density at radius 2 is 2.00 bits per heavy atom. The molecule has 3 rings (SSSR count). The molecule has 1 aliphatic heterocycles. The summed E-state index contributed by atoms with van der Waals surface area (Å²) in [4.78, 5) is 15.1. The summed E-state index contributed by atoms with van der Waals surface area (Å²) >= 11 is 0. The molecule has 25 heavy (non-hydrogen) atoms. The first kappa shape index (κ1) is 17.1. The van der Waals surface area contributed by atoms with E-state index < -0.39 is 16.8 Å². The lowest BCUT2D eigenvalue weighted by Crippen LogP contribution is -2.47. The van der Waals surface area contributed by atoms with Crippen molar-refractivity contribution in [2.75, 3.05) is 14.2 Å². The van der Waals surface area contributed by atoms with Gasteiger partial charge in [-0.1, -0.05) is 6.07 Å². The lowest BCUT2D eigenvalue weighted by atomic mass is 9.90. The van der Waals surface area contributed by atoms with Gasteiger partial charge in [-0.15, -0.1) is 0 Å². The molecule has 7 nitrogen and oxygen atoms in total. The van der Waals surface area contributed by atoms with Crippen LogP contribution in [0.15, 0.2) is 48.7 Å². The number of hydrogen-bond acceptors (Lipinski definition) is 6. The van der Waals surface area contributed by atoms with E-state index in [4.69, 9.17) is 14.2 Å². The topological polar surface area (TPSA) is 83.7 Å². The zero-order chi connectivity index (χ0) is 18.0. The molecule has 1 aliphatic rings. The van der Waals surface area contributed by atoms with E-state index in [0.29, 0.717) is 17.0 Å². The van der Waals surface area contributed by atoms with Crippen LogP contribution in [0.25, 0.3) is 5.57 Å². The number of nitro benzene ring substituents is 1. The van der Waals surface area contributed by atoms with Crippen LogP contribution in [0, 0.1) is 10.1 Å². The number of rotatable bonds is 5. The molecule has 0 aliphatic carbocycles. The van der Waals surface area contributed by atoms with Gasteiger partial charge in [0.25, 0.3) is 5.69 Å². The Balaban J connectivity index is 2.20. The summed E-state index contributed by atoms with van der Waals surface area (Å²) in [5.74, 6) is 0.510. The largest absolute Gasteiger partial charge is 0.477 e. The van der Waals surface area contributed by atoms with Crippen molar-refractivity contribution < 1.29 is 19.1 Å². The Morgan fingerprint density at radius 1 is 1.24 bits per heavy atom. The Morgan fingerprint density at radius 3 is 2.60 bits per heavy atom. The zero-order valence-corrected chi connectivity index (χ0v) is 14.1. The fourth-order valence-electron chi connectivity index (χ4n) is 2.98. The molecule has 7 heteroatoms. The SMILES string of the molecule is COC(OC)C1(C)C=C(c2ccccn2)c2cc([N+](=O)[O-])ccc2O1. The number of ether oxygens (including phenoxy) is 3. The van der Waals surface area contributed by atoms with Gasteiger partial charge in [0.1, 0.15) is 5.75 Å². The third-order valence-corrected chi connectivity index (χ3v) is 4.06. The maximum atomic E-state index is 11.1. The number of pyridine rings is 1.